The first-order valence-corrected chi connectivity index (χ1v) is 13.2. The van der Waals surface area contributed by atoms with Crippen molar-refractivity contribution in [1.82, 2.24) is 10.2 Å². The van der Waals surface area contributed by atoms with Crippen LogP contribution in [0.5, 0.6) is 0 Å². The highest BCUT2D eigenvalue weighted by Crippen LogP contribution is 2.27. The molecule has 2 amide bonds. The Balaban J connectivity index is 1.33. The van der Waals surface area contributed by atoms with Crippen LogP contribution in [0.4, 0.5) is 5.69 Å². The fourth-order valence-corrected chi connectivity index (χ4v) is 5.62. The number of amidine groups is 1. The third-order valence-corrected chi connectivity index (χ3v) is 7.85. The van der Waals surface area contributed by atoms with E-state index in [9.17, 15) is 18.0 Å². The van der Waals surface area contributed by atoms with Crippen molar-refractivity contribution in [2.75, 3.05) is 18.4 Å². The molecule has 0 aromatic heterocycles. The Bertz CT molecular complexity index is 1200. The lowest BCUT2D eigenvalue weighted by atomic mass is 9.98. The number of carbonyl (C=O) groups excluding carboxylic acids is 2. The van der Waals surface area contributed by atoms with Gasteiger partial charge in [-0.25, -0.2) is 0 Å². The minimum atomic E-state index is -3.69. The number of hydrogen-bond donors (Lipinski definition) is 2. The molecule has 2 aromatic carbocycles. The Hall–Kier alpha value is -3.20. The van der Waals surface area contributed by atoms with E-state index in [1.807, 2.05) is 18.7 Å². The van der Waals surface area contributed by atoms with Crippen molar-refractivity contribution in [2.24, 2.45) is 10.3 Å². The van der Waals surface area contributed by atoms with Gasteiger partial charge in [-0.1, -0.05) is 26.0 Å². The molecule has 34 heavy (non-hydrogen) atoms. The topological polar surface area (TPSA) is 108 Å². The van der Waals surface area contributed by atoms with E-state index < -0.39 is 10.0 Å². The summed E-state index contributed by atoms with van der Waals surface area (Å²) in [6.45, 7) is 5.41. The molecule has 0 radical (unpaired) electrons. The number of hydrogen-bond acceptors (Lipinski definition) is 5. The monoisotopic (exact) mass is 482 g/mol. The smallest absolute Gasteiger partial charge is 0.285 e. The molecule has 2 aromatic rings. The lowest BCUT2D eigenvalue weighted by Crippen LogP contribution is -2.48. The molecule has 8 nitrogen and oxygen atoms in total. The number of nitrogens with zero attached hydrogens (tertiary/aromatic N) is 2. The molecule has 2 aliphatic rings. The molecule has 1 fully saturated rings. The van der Waals surface area contributed by atoms with Gasteiger partial charge in [0.25, 0.3) is 15.9 Å². The zero-order valence-corrected chi connectivity index (χ0v) is 20.3. The van der Waals surface area contributed by atoms with Gasteiger partial charge in [0, 0.05) is 41.9 Å². The summed E-state index contributed by atoms with van der Waals surface area (Å²) in [7, 11) is -3.69. The van der Waals surface area contributed by atoms with Crippen molar-refractivity contribution in [3.8, 4) is 0 Å². The fraction of sp³-hybridized carbons (Fsp3) is 0.400. The molecule has 0 bridgehead atoms. The highest BCUT2D eigenvalue weighted by Gasteiger charge is 2.29. The normalized spacial score (nSPS) is 17.3. The van der Waals surface area contributed by atoms with Gasteiger partial charge in [0.15, 0.2) is 5.84 Å². The lowest BCUT2D eigenvalue weighted by Gasteiger charge is -2.34. The lowest BCUT2D eigenvalue weighted by molar-refractivity contribution is -0.136. The molecule has 9 heteroatoms. The highest BCUT2D eigenvalue weighted by molar-refractivity contribution is 7.90. The van der Waals surface area contributed by atoms with Crippen LogP contribution in [0.15, 0.2) is 57.8 Å². The van der Waals surface area contributed by atoms with Gasteiger partial charge in [0.2, 0.25) is 5.91 Å². The van der Waals surface area contributed by atoms with Crippen molar-refractivity contribution in [3.63, 3.8) is 0 Å². The maximum atomic E-state index is 12.7. The zero-order valence-electron chi connectivity index (χ0n) is 19.5. The average molecular weight is 483 g/mol. The Morgan fingerprint density at radius 1 is 1.03 bits per heavy atom. The third kappa shape index (κ3) is 4.99. The number of piperidine rings is 1. The van der Waals surface area contributed by atoms with E-state index in [4.69, 9.17) is 0 Å². The number of fused-ring (bicyclic) bond motifs is 1. The fourth-order valence-electron chi connectivity index (χ4n) is 4.45. The second-order valence-corrected chi connectivity index (χ2v) is 10.3. The quantitative estimate of drug-likeness (QED) is 0.656. The van der Waals surface area contributed by atoms with Crippen molar-refractivity contribution < 1.29 is 18.0 Å². The molecule has 2 N–H and O–H groups in total. The molecule has 0 unspecified atom stereocenters. The van der Waals surface area contributed by atoms with E-state index in [1.165, 1.54) is 6.07 Å². The maximum absolute atomic E-state index is 12.7. The summed E-state index contributed by atoms with van der Waals surface area (Å²) >= 11 is 0. The number of amides is 2. The summed E-state index contributed by atoms with van der Waals surface area (Å²) in [4.78, 5) is 27.4. The Labute approximate surface area is 200 Å². The summed E-state index contributed by atoms with van der Waals surface area (Å²) in [5, 5.41) is 6.10. The molecule has 2 aliphatic heterocycles. The maximum Gasteiger partial charge on any atom is 0.285 e. The number of sulfonamides is 1. The van der Waals surface area contributed by atoms with Crippen LogP contribution in [0, 0.1) is 5.92 Å². The molecule has 1 saturated heterocycles. The van der Waals surface area contributed by atoms with Gasteiger partial charge >= 0.3 is 0 Å². The van der Waals surface area contributed by atoms with E-state index in [1.54, 1.807) is 42.5 Å². The molecule has 0 atom stereocenters. The molecule has 4 rings (SSSR count). The minimum Gasteiger partial charge on any atom is -0.349 e. The van der Waals surface area contributed by atoms with Gasteiger partial charge in [-0.2, -0.15) is 8.42 Å². The van der Waals surface area contributed by atoms with Crippen molar-refractivity contribution in [3.05, 3.63) is 59.7 Å². The molecular formula is C25H30N4O4S. The molecule has 0 saturated carbocycles. The van der Waals surface area contributed by atoms with Crippen LogP contribution in [0.2, 0.25) is 0 Å². The SMILES string of the molecule is CCC(CC)C(=O)N1CCC(NC(=O)c2ccc(NC3=NS(=O)(=O)c4ccccc43)cc2)CC1. The number of rotatable bonds is 6. The largest absolute Gasteiger partial charge is 0.349 e. The van der Waals surface area contributed by atoms with E-state index in [2.05, 4.69) is 15.0 Å². The molecule has 180 valence electrons. The predicted molar refractivity (Wildman–Crippen MR) is 131 cm³/mol. The number of carbonyl (C=O) groups is 2. The number of nitrogens with one attached hydrogen (secondary N) is 2. The van der Waals surface area contributed by atoms with E-state index >= 15 is 0 Å². The zero-order chi connectivity index (χ0) is 24.3. The van der Waals surface area contributed by atoms with Crippen LogP contribution >= 0.6 is 0 Å². The minimum absolute atomic E-state index is 0.0330. The summed E-state index contributed by atoms with van der Waals surface area (Å²) in [5.74, 6) is 0.409. The average Bonchev–Trinajstić information content (AvgIpc) is 3.10. The van der Waals surface area contributed by atoms with E-state index in [0.29, 0.717) is 29.9 Å². The van der Waals surface area contributed by atoms with Crippen LogP contribution in [0.3, 0.4) is 0 Å². The van der Waals surface area contributed by atoms with Crippen LogP contribution in [0.1, 0.15) is 55.5 Å². The van der Waals surface area contributed by atoms with Crippen molar-refractivity contribution in [1.29, 1.82) is 0 Å². The number of benzene rings is 2. The second-order valence-electron chi connectivity index (χ2n) is 8.70. The van der Waals surface area contributed by atoms with Gasteiger partial charge in [-0.3, -0.25) is 9.59 Å². The Kier molecular flexibility index (Phi) is 7.02. The van der Waals surface area contributed by atoms with Crippen LogP contribution in [-0.4, -0.2) is 50.1 Å². The molecular weight excluding hydrogens is 452 g/mol. The summed E-state index contributed by atoms with van der Waals surface area (Å²) in [6.07, 6.45) is 3.19. The Morgan fingerprint density at radius 3 is 2.32 bits per heavy atom. The van der Waals surface area contributed by atoms with Gasteiger partial charge in [0.05, 0.1) is 0 Å². The number of likely N-dealkylation sites (tertiary alicyclic amines) is 1. The van der Waals surface area contributed by atoms with Crippen LogP contribution in [0.25, 0.3) is 0 Å². The first-order chi connectivity index (χ1) is 16.3. The molecule has 2 heterocycles. The first kappa shape index (κ1) is 23.9. The van der Waals surface area contributed by atoms with Crippen LogP contribution < -0.4 is 10.6 Å². The van der Waals surface area contributed by atoms with Crippen molar-refractivity contribution in [2.45, 2.75) is 50.5 Å². The van der Waals surface area contributed by atoms with Crippen LogP contribution in [-0.2, 0) is 14.8 Å². The molecule has 0 aliphatic carbocycles. The Morgan fingerprint density at radius 2 is 1.68 bits per heavy atom. The van der Waals surface area contributed by atoms with Gasteiger partial charge in [0.1, 0.15) is 4.90 Å². The standard InChI is InChI=1S/C25H30N4O4S/c1-3-17(4-2)25(31)29-15-13-20(14-16-29)27-24(30)18-9-11-19(12-10-18)26-23-21-7-5-6-8-22(21)34(32,33)28-23/h5-12,17,20H,3-4,13-16H2,1-2H3,(H,26,28)(H,27,30). The highest BCUT2D eigenvalue weighted by atomic mass is 32.2. The van der Waals surface area contributed by atoms with Gasteiger partial charge in [-0.05, 0) is 62.1 Å². The second kappa shape index (κ2) is 9.97. The number of anilines is 1. The van der Waals surface area contributed by atoms with E-state index in [0.717, 1.165) is 25.7 Å². The predicted octanol–water partition coefficient (Wildman–Crippen LogP) is 3.40. The summed E-state index contributed by atoms with van der Waals surface area (Å²) in [6, 6.07) is 13.5. The third-order valence-electron chi connectivity index (χ3n) is 6.52. The van der Waals surface area contributed by atoms with Gasteiger partial charge < -0.3 is 15.5 Å². The first-order valence-electron chi connectivity index (χ1n) is 11.7. The summed E-state index contributed by atoms with van der Waals surface area (Å²) < 4.78 is 28.2. The molecule has 0 spiro atoms. The van der Waals surface area contributed by atoms with Gasteiger partial charge in [-0.15, -0.1) is 4.40 Å². The van der Waals surface area contributed by atoms with Crippen molar-refractivity contribution >= 4 is 33.4 Å². The van der Waals surface area contributed by atoms with E-state index in [-0.39, 0.29) is 34.5 Å². The summed E-state index contributed by atoms with van der Waals surface area (Å²) in [5.41, 5.74) is 1.68.